The van der Waals surface area contributed by atoms with Gasteiger partial charge in [-0.3, -0.25) is 18.6 Å². The van der Waals surface area contributed by atoms with Crippen molar-refractivity contribution in [2.75, 3.05) is 19.5 Å². The summed E-state index contributed by atoms with van der Waals surface area (Å²) in [6.45, 7) is 11.0. The van der Waals surface area contributed by atoms with E-state index in [9.17, 15) is 27.6 Å². The van der Waals surface area contributed by atoms with Crippen LogP contribution in [0.25, 0.3) is 0 Å². The molecule has 2 aliphatic heterocycles. The molecule has 0 saturated carbocycles. The molecule has 2 aliphatic rings. The zero-order chi connectivity index (χ0) is 41.0. The predicted octanol–water partition coefficient (Wildman–Crippen LogP) is 4.84. The minimum atomic E-state index is -3.83. The van der Waals surface area contributed by atoms with Crippen molar-refractivity contribution in [3.05, 3.63) is 83.9 Å². The molecule has 0 aliphatic carbocycles. The van der Waals surface area contributed by atoms with Crippen molar-refractivity contribution in [1.29, 1.82) is 0 Å². The molecule has 16 heteroatoms. The van der Waals surface area contributed by atoms with E-state index < -0.39 is 57.4 Å². The first kappa shape index (κ1) is 45.4. The molecule has 13 nitrogen and oxygen atoms in total. The predicted molar refractivity (Wildman–Crippen MR) is 208 cm³/mol. The van der Waals surface area contributed by atoms with Crippen molar-refractivity contribution in [3.8, 4) is 0 Å². The van der Waals surface area contributed by atoms with Gasteiger partial charge in [0.15, 0.2) is 11.6 Å². The lowest BCUT2D eigenvalue weighted by molar-refractivity contribution is -0.145. The quantitative estimate of drug-likeness (QED) is 0.106. The van der Waals surface area contributed by atoms with Crippen LogP contribution in [-0.4, -0.2) is 119 Å². The van der Waals surface area contributed by atoms with E-state index in [-0.39, 0.29) is 37.6 Å². The Hall–Kier alpha value is -3.98. The number of nitrogens with zero attached hydrogens (tertiary/aromatic N) is 2. The Morgan fingerprint density at radius 1 is 0.782 bits per heavy atom. The van der Waals surface area contributed by atoms with Gasteiger partial charge in [0.25, 0.3) is 10.1 Å². The molecule has 5 atom stereocenters. The Morgan fingerprint density at radius 2 is 1.24 bits per heavy atom. The van der Waals surface area contributed by atoms with E-state index in [2.05, 4.69) is 0 Å². The Labute approximate surface area is 328 Å². The Kier molecular flexibility index (Phi) is 16.7. The van der Waals surface area contributed by atoms with Crippen molar-refractivity contribution in [3.63, 3.8) is 0 Å². The van der Waals surface area contributed by atoms with Crippen molar-refractivity contribution < 1.29 is 50.7 Å². The molecule has 0 N–H and O–H groups in total. The van der Waals surface area contributed by atoms with Crippen LogP contribution >= 0.6 is 0 Å². The third kappa shape index (κ3) is 13.9. The monoisotopic (exact) mass is 778 g/mol. The second-order valence-corrected chi connectivity index (χ2v) is 15.8. The SMILES string of the molecule is [B]C(=O)N1[C@@H](Cc2ccccc2)[C@@H](C/C=C\C(=O)OCC)OC1(C)C.[B]C(=O)N1[C@@H](Cc2ccccc2)[C@@H](CC(CC(=O)OCC)OS(C)(=O)=O)OC1(C)C. The topological polar surface area (TPSA) is 155 Å². The van der Waals surface area contributed by atoms with Gasteiger partial charge >= 0.3 is 11.9 Å². The van der Waals surface area contributed by atoms with Crippen molar-refractivity contribution >= 4 is 49.4 Å². The Bertz CT molecular complexity index is 1730. The van der Waals surface area contributed by atoms with Crippen LogP contribution in [0.1, 0.15) is 71.9 Å². The summed E-state index contributed by atoms with van der Waals surface area (Å²) in [5.41, 5.74) is 0.258. The number of amides is 2. The van der Waals surface area contributed by atoms with Crippen LogP contribution in [0.4, 0.5) is 9.59 Å². The number of rotatable bonds is 15. The highest BCUT2D eigenvalue weighted by Gasteiger charge is 2.49. The molecule has 0 bridgehead atoms. The van der Waals surface area contributed by atoms with Crippen molar-refractivity contribution in [2.24, 2.45) is 0 Å². The molecular formula is C39H52B2N2O11S. The Balaban J connectivity index is 0.000000300. The molecule has 2 saturated heterocycles. The first-order valence-electron chi connectivity index (χ1n) is 18.3. The number of carbonyl (C=O) groups is 4. The van der Waals surface area contributed by atoms with Gasteiger partial charge in [0.2, 0.25) is 15.7 Å². The van der Waals surface area contributed by atoms with Crippen LogP contribution in [0.2, 0.25) is 0 Å². The van der Waals surface area contributed by atoms with Gasteiger partial charge in [-0.1, -0.05) is 66.7 Å². The molecule has 0 spiro atoms. The van der Waals surface area contributed by atoms with Crippen molar-refractivity contribution in [2.45, 2.75) is 115 Å². The molecule has 4 rings (SSSR count). The molecule has 4 radical (unpaired) electrons. The minimum absolute atomic E-state index is 0.0661. The number of ether oxygens (including phenoxy) is 4. The number of benzene rings is 2. The number of esters is 2. The summed E-state index contributed by atoms with van der Waals surface area (Å²) in [5.74, 6) is -2.11. The van der Waals surface area contributed by atoms with E-state index >= 15 is 0 Å². The molecular weight excluding hydrogens is 726 g/mol. The summed E-state index contributed by atoms with van der Waals surface area (Å²) >= 11 is 0. The lowest BCUT2D eigenvalue weighted by atomic mass is 9.93. The molecule has 55 heavy (non-hydrogen) atoms. The average molecular weight is 779 g/mol. The number of hydrogen-bond acceptors (Lipinski definition) is 11. The van der Waals surface area contributed by atoms with E-state index in [4.69, 9.17) is 38.8 Å². The highest BCUT2D eigenvalue weighted by molar-refractivity contribution is 7.86. The maximum Gasteiger partial charge on any atom is 0.330 e. The maximum atomic E-state index is 12.2. The van der Waals surface area contributed by atoms with E-state index in [1.165, 1.54) is 11.0 Å². The third-order valence-corrected chi connectivity index (χ3v) is 9.65. The zero-order valence-electron chi connectivity index (χ0n) is 32.7. The first-order chi connectivity index (χ1) is 25.8. The fourth-order valence-corrected chi connectivity index (χ4v) is 7.77. The molecule has 2 heterocycles. The average Bonchev–Trinajstić information content (AvgIpc) is 3.47. The normalized spacial score (nSPS) is 22.1. The second-order valence-electron chi connectivity index (χ2n) is 14.2. The van der Waals surface area contributed by atoms with Crippen LogP contribution in [0.3, 0.4) is 0 Å². The lowest BCUT2D eigenvalue weighted by Crippen LogP contribution is -2.49. The van der Waals surface area contributed by atoms with Gasteiger partial charge < -0.3 is 28.7 Å². The van der Waals surface area contributed by atoms with Gasteiger partial charge in [-0.25, -0.2) is 4.79 Å². The molecule has 0 aromatic heterocycles. The molecule has 2 aromatic carbocycles. The fourth-order valence-electron chi connectivity index (χ4n) is 7.12. The van der Waals surface area contributed by atoms with E-state index in [1.54, 1.807) is 38.7 Å². The maximum absolute atomic E-state index is 12.2. The van der Waals surface area contributed by atoms with Crippen LogP contribution in [-0.2, 0) is 55.7 Å². The van der Waals surface area contributed by atoms with Gasteiger partial charge in [0, 0.05) is 12.5 Å². The van der Waals surface area contributed by atoms with Crippen LogP contribution in [0.15, 0.2) is 72.8 Å². The fraction of sp³-hybridized carbons (Fsp3) is 0.538. The summed E-state index contributed by atoms with van der Waals surface area (Å²) in [6.07, 6.45) is 3.56. The molecule has 296 valence electrons. The standard InChI is InChI=1S/C20H28BNO7S.C19H24BNO4/c1-5-27-18(23)13-15(29-30(4,25)26)12-17-16(11-14-9-7-6-8-10-14)22(19(21)24)20(2,3)28-17;1-4-24-17(22)12-8-11-16-15(13-14-9-6-5-7-10-14)21(18(20)23)19(2,3)25-16/h6-10,15-17H,5,11-13H2,1-4H3;5-10,12,15-16H,4,11,13H2,1-3H3/b;12-8-/t15?,16-,17+;15-,16+/m00/s1. The largest absolute Gasteiger partial charge is 0.466 e. The third-order valence-electron chi connectivity index (χ3n) is 9.03. The van der Waals surface area contributed by atoms with Gasteiger partial charge in [-0.05, 0) is 71.9 Å². The summed E-state index contributed by atoms with van der Waals surface area (Å²) in [6, 6.07) is 18.7. The minimum Gasteiger partial charge on any atom is -0.466 e. The number of hydrogen-bond donors (Lipinski definition) is 0. The van der Waals surface area contributed by atoms with E-state index in [1.807, 2.05) is 74.5 Å². The second kappa shape index (κ2) is 20.3. The highest BCUT2D eigenvalue weighted by atomic mass is 32.2. The molecule has 2 amide bonds. The lowest BCUT2D eigenvalue weighted by Gasteiger charge is -2.33. The summed E-state index contributed by atoms with van der Waals surface area (Å²) in [5, 5.41) is 0. The molecule has 2 fully saturated rings. The van der Waals surface area contributed by atoms with Gasteiger partial charge in [-0.15, -0.1) is 0 Å². The smallest absolute Gasteiger partial charge is 0.330 e. The summed E-state index contributed by atoms with van der Waals surface area (Å²) in [7, 11) is 7.42. The van der Waals surface area contributed by atoms with E-state index in [0.717, 1.165) is 17.4 Å². The molecule has 1 unspecified atom stereocenters. The molecule has 2 aromatic rings. The van der Waals surface area contributed by atoms with Gasteiger partial charge in [-0.2, -0.15) is 8.42 Å². The van der Waals surface area contributed by atoms with E-state index in [0.29, 0.717) is 25.9 Å². The summed E-state index contributed by atoms with van der Waals surface area (Å²) in [4.78, 5) is 50.7. The van der Waals surface area contributed by atoms with Gasteiger partial charge in [0.05, 0.1) is 56.3 Å². The number of carbonyl (C=O) groups excluding carboxylic acids is 4. The van der Waals surface area contributed by atoms with Crippen LogP contribution in [0, 0.1) is 0 Å². The summed E-state index contributed by atoms with van der Waals surface area (Å²) < 4.78 is 50.6. The zero-order valence-corrected chi connectivity index (χ0v) is 33.5. The van der Waals surface area contributed by atoms with Gasteiger partial charge in [0.1, 0.15) is 11.4 Å². The van der Waals surface area contributed by atoms with Crippen LogP contribution in [0.5, 0.6) is 0 Å². The first-order valence-corrected chi connectivity index (χ1v) is 20.1. The van der Waals surface area contributed by atoms with Crippen LogP contribution < -0.4 is 0 Å². The van der Waals surface area contributed by atoms with Crippen molar-refractivity contribution in [1.82, 2.24) is 9.80 Å². The Morgan fingerprint density at radius 3 is 1.67 bits per heavy atom. The highest BCUT2D eigenvalue weighted by Crippen LogP contribution is 2.37.